The number of amides is 1. The SMILES string of the molecule is CCOc1ccccc1-c1nnc(NC(=O)c2ccc(F)cc2)o1. The van der Waals surface area contributed by atoms with Gasteiger partial charge in [-0.05, 0) is 43.3 Å². The molecule has 0 saturated carbocycles. The molecule has 2 aromatic carbocycles. The highest BCUT2D eigenvalue weighted by atomic mass is 19.1. The first-order valence-electron chi connectivity index (χ1n) is 7.30. The zero-order valence-electron chi connectivity index (χ0n) is 12.8. The van der Waals surface area contributed by atoms with Crippen LogP contribution in [0.1, 0.15) is 17.3 Å². The molecule has 1 N–H and O–H groups in total. The molecule has 1 heterocycles. The Labute approximate surface area is 137 Å². The van der Waals surface area contributed by atoms with E-state index in [4.69, 9.17) is 9.15 Å². The van der Waals surface area contributed by atoms with Crippen LogP contribution in [0.25, 0.3) is 11.5 Å². The molecule has 7 heteroatoms. The van der Waals surface area contributed by atoms with Crippen molar-refractivity contribution >= 4 is 11.9 Å². The van der Waals surface area contributed by atoms with Crippen molar-refractivity contribution in [1.29, 1.82) is 0 Å². The minimum absolute atomic E-state index is 0.0503. The van der Waals surface area contributed by atoms with Crippen molar-refractivity contribution in [1.82, 2.24) is 10.2 Å². The molecule has 0 aliphatic rings. The molecule has 122 valence electrons. The van der Waals surface area contributed by atoms with E-state index in [-0.39, 0.29) is 17.5 Å². The molecule has 0 bridgehead atoms. The number of rotatable bonds is 5. The molecule has 6 nitrogen and oxygen atoms in total. The molecule has 0 aliphatic heterocycles. The Morgan fingerprint density at radius 2 is 1.92 bits per heavy atom. The number of hydrogen-bond acceptors (Lipinski definition) is 5. The lowest BCUT2D eigenvalue weighted by Crippen LogP contribution is -2.12. The lowest BCUT2D eigenvalue weighted by atomic mass is 10.2. The number of benzene rings is 2. The number of nitrogens with one attached hydrogen (secondary N) is 1. The fraction of sp³-hybridized carbons (Fsp3) is 0.118. The van der Waals surface area contributed by atoms with Crippen LogP contribution in [0.2, 0.25) is 0 Å². The molecular weight excluding hydrogens is 313 g/mol. The number of para-hydroxylation sites is 1. The van der Waals surface area contributed by atoms with Crippen LogP contribution in [0.4, 0.5) is 10.4 Å². The van der Waals surface area contributed by atoms with Gasteiger partial charge in [0.2, 0.25) is 0 Å². The van der Waals surface area contributed by atoms with Gasteiger partial charge in [-0.15, -0.1) is 5.10 Å². The average Bonchev–Trinajstić information content (AvgIpc) is 3.04. The summed E-state index contributed by atoms with van der Waals surface area (Å²) < 4.78 is 23.9. The minimum atomic E-state index is -0.469. The number of halogens is 1. The molecule has 24 heavy (non-hydrogen) atoms. The van der Waals surface area contributed by atoms with Crippen molar-refractivity contribution in [2.45, 2.75) is 6.92 Å². The molecular formula is C17H14FN3O3. The first kappa shape index (κ1) is 15.7. The molecule has 0 saturated heterocycles. The van der Waals surface area contributed by atoms with Gasteiger partial charge in [-0.1, -0.05) is 17.2 Å². The predicted octanol–water partition coefficient (Wildman–Crippen LogP) is 3.53. The van der Waals surface area contributed by atoms with E-state index < -0.39 is 11.7 Å². The summed E-state index contributed by atoms with van der Waals surface area (Å²) in [5.41, 5.74) is 0.917. The Hall–Kier alpha value is -3.22. The summed E-state index contributed by atoms with van der Waals surface area (Å²) in [6.07, 6.45) is 0. The smallest absolute Gasteiger partial charge is 0.322 e. The second-order valence-corrected chi connectivity index (χ2v) is 4.80. The number of aromatic nitrogens is 2. The maximum Gasteiger partial charge on any atom is 0.322 e. The van der Waals surface area contributed by atoms with Crippen molar-refractivity contribution in [3.05, 3.63) is 59.9 Å². The Morgan fingerprint density at radius 3 is 2.67 bits per heavy atom. The number of carbonyl (C=O) groups is 1. The van der Waals surface area contributed by atoms with Gasteiger partial charge in [-0.25, -0.2) is 4.39 Å². The number of ether oxygens (including phenoxy) is 1. The van der Waals surface area contributed by atoms with Crippen molar-refractivity contribution in [3.8, 4) is 17.2 Å². The van der Waals surface area contributed by atoms with E-state index >= 15 is 0 Å². The number of nitrogens with zero attached hydrogens (tertiary/aromatic N) is 2. The fourth-order valence-electron chi connectivity index (χ4n) is 2.08. The molecule has 1 aromatic heterocycles. The van der Waals surface area contributed by atoms with Crippen LogP contribution in [0, 0.1) is 5.82 Å². The van der Waals surface area contributed by atoms with Gasteiger partial charge in [0.15, 0.2) is 0 Å². The summed E-state index contributed by atoms with van der Waals surface area (Å²) in [5, 5.41) is 10.2. The van der Waals surface area contributed by atoms with Crippen LogP contribution in [-0.2, 0) is 0 Å². The van der Waals surface area contributed by atoms with Crippen LogP contribution in [0.3, 0.4) is 0 Å². The third kappa shape index (κ3) is 3.40. The van der Waals surface area contributed by atoms with E-state index in [0.717, 1.165) is 0 Å². The van der Waals surface area contributed by atoms with Gasteiger partial charge < -0.3 is 9.15 Å². The van der Waals surface area contributed by atoms with E-state index in [1.54, 1.807) is 12.1 Å². The van der Waals surface area contributed by atoms with Crippen LogP contribution in [0.15, 0.2) is 52.9 Å². The van der Waals surface area contributed by atoms with Crippen LogP contribution in [-0.4, -0.2) is 22.7 Å². The molecule has 0 radical (unpaired) electrons. The van der Waals surface area contributed by atoms with Gasteiger partial charge in [-0.2, -0.15) is 0 Å². The molecule has 3 aromatic rings. The van der Waals surface area contributed by atoms with Crippen LogP contribution < -0.4 is 10.1 Å². The monoisotopic (exact) mass is 327 g/mol. The third-order valence-corrected chi connectivity index (χ3v) is 3.17. The summed E-state index contributed by atoms with van der Waals surface area (Å²) in [4.78, 5) is 12.1. The summed E-state index contributed by atoms with van der Waals surface area (Å²) in [5.74, 6) is -0.0454. The summed E-state index contributed by atoms with van der Waals surface area (Å²) in [7, 11) is 0. The maximum absolute atomic E-state index is 12.9. The quantitative estimate of drug-likeness (QED) is 0.776. The van der Waals surface area contributed by atoms with Gasteiger partial charge in [0.1, 0.15) is 11.6 Å². The number of hydrogen-bond donors (Lipinski definition) is 1. The van der Waals surface area contributed by atoms with Crippen LogP contribution >= 0.6 is 0 Å². The highest BCUT2D eigenvalue weighted by molar-refractivity contribution is 6.03. The number of carbonyl (C=O) groups excluding carboxylic acids is 1. The molecule has 0 unspecified atom stereocenters. The van der Waals surface area contributed by atoms with E-state index in [1.807, 2.05) is 19.1 Å². The summed E-state index contributed by atoms with van der Waals surface area (Å²) >= 11 is 0. The minimum Gasteiger partial charge on any atom is -0.493 e. The standard InChI is InChI=1S/C17H14FN3O3/c1-2-23-14-6-4-3-5-13(14)16-20-21-17(24-16)19-15(22)11-7-9-12(18)10-8-11/h3-10H,2H2,1H3,(H,19,21,22). The zero-order chi connectivity index (χ0) is 16.9. The largest absolute Gasteiger partial charge is 0.493 e. The lowest BCUT2D eigenvalue weighted by molar-refractivity contribution is 0.102. The topological polar surface area (TPSA) is 77.3 Å². The molecule has 0 spiro atoms. The average molecular weight is 327 g/mol. The molecule has 1 amide bonds. The zero-order valence-corrected chi connectivity index (χ0v) is 12.8. The van der Waals surface area contributed by atoms with Gasteiger partial charge in [0, 0.05) is 5.56 Å². The second-order valence-electron chi connectivity index (χ2n) is 4.80. The summed E-state index contributed by atoms with van der Waals surface area (Å²) in [6.45, 7) is 2.37. The highest BCUT2D eigenvalue weighted by Crippen LogP contribution is 2.29. The Kier molecular flexibility index (Phi) is 4.51. The van der Waals surface area contributed by atoms with Crippen molar-refractivity contribution in [2.24, 2.45) is 0 Å². The Bertz CT molecular complexity index is 846. The Morgan fingerprint density at radius 1 is 1.17 bits per heavy atom. The first-order chi connectivity index (χ1) is 11.7. The van der Waals surface area contributed by atoms with E-state index in [9.17, 15) is 9.18 Å². The maximum atomic E-state index is 12.9. The number of anilines is 1. The van der Waals surface area contributed by atoms with Gasteiger partial charge in [0.25, 0.3) is 11.8 Å². The molecule has 0 fully saturated rings. The summed E-state index contributed by atoms with van der Waals surface area (Å²) in [6, 6.07) is 12.3. The molecule has 0 aliphatic carbocycles. The molecule has 3 rings (SSSR count). The Balaban J connectivity index is 1.79. The van der Waals surface area contributed by atoms with Gasteiger partial charge in [-0.3, -0.25) is 10.1 Å². The van der Waals surface area contributed by atoms with E-state index in [0.29, 0.717) is 17.9 Å². The van der Waals surface area contributed by atoms with E-state index in [1.165, 1.54) is 24.3 Å². The van der Waals surface area contributed by atoms with Crippen molar-refractivity contribution in [3.63, 3.8) is 0 Å². The lowest BCUT2D eigenvalue weighted by Gasteiger charge is -2.06. The third-order valence-electron chi connectivity index (χ3n) is 3.17. The van der Waals surface area contributed by atoms with Gasteiger partial charge >= 0.3 is 6.01 Å². The van der Waals surface area contributed by atoms with E-state index in [2.05, 4.69) is 15.5 Å². The fourth-order valence-corrected chi connectivity index (χ4v) is 2.08. The normalized spacial score (nSPS) is 10.4. The van der Waals surface area contributed by atoms with Crippen LogP contribution in [0.5, 0.6) is 5.75 Å². The van der Waals surface area contributed by atoms with Crippen molar-refractivity contribution < 1.29 is 18.3 Å². The first-order valence-corrected chi connectivity index (χ1v) is 7.30. The highest BCUT2D eigenvalue weighted by Gasteiger charge is 2.15. The van der Waals surface area contributed by atoms with Gasteiger partial charge in [0.05, 0.1) is 12.2 Å². The second kappa shape index (κ2) is 6.91. The molecule has 0 atom stereocenters. The predicted molar refractivity (Wildman–Crippen MR) is 85.3 cm³/mol. The van der Waals surface area contributed by atoms with Crippen molar-refractivity contribution in [2.75, 3.05) is 11.9 Å².